The van der Waals surface area contributed by atoms with Gasteiger partial charge < -0.3 is 15.6 Å². The minimum absolute atomic E-state index is 0.0797. The molecule has 0 saturated carbocycles. The van der Waals surface area contributed by atoms with E-state index in [1.807, 2.05) is 29.2 Å². The van der Waals surface area contributed by atoms with E-state index in [1.54, 1.807) is 19.1 Å². The molecule has 2 aromatic rings. The van der Waals surface area contributed by atoms with Crippen LogP contribution in [0.4, 0.5) is 0 Å². The van der Waals surface area contributed by atoms with Crippen LogP contribution in [-0.2, 0) is 11.3 Å². The first-order chi connectivity index (χ1) is 11.5. The van der Waals surface area contributed by atoms with Gasteiger partial charge in [-0.05, 0) is 42.3 Å². The molecule has 1 heterocycles. The summed E-state index contributed by atoms with van der Waals surface area (Å²) in [5, 5.41) is 11.0. The highest BCUT2D eigenvalue weighted by molar-refractivity contribution is 6.30. The van der Waals surface area contributed by atoms with Crippen LogP contribution in [0.2, 0.25) is 5.02 Å². The molecule has 126 valence electrons. The standard InChI is InChI=1S/C18H19ClN2O3/c1-11(18(20)23)21-5-6-24-17-14(10-21)7-13(9-16(17)22)12-3-2-4-15(19)8-12/h2-4,7-9,11,22H,5-6,10H2,1H3,(H2,20,23)/t11-/m0/s1. The molecule has 5 nitrogen and oxygen atoms in total. The Hall–Kier alpha value is -2.24. The van der Waals surface area contributed by atoms with Crippen molar-refractivity contribution in [3.63, 3.8) is 0 Å². The van der Waals surface area contributed by atoms with E-state index in [-0.39, 0.29) is 11.7 Å². The van der Waals surface area contributed by atoms with Gasteiger partial charge in [-0.1, -0.05) is 23.7 Å². The fourth-order valence-electron chi connectivity index (χ4n) is 2.86. The zero-order valence-corrected chi connectivity index (χ0v) is 14.1. The van der Waals surface area contributed by atoms with Gasteiger partial charge in [-0.25, -0.2) is 0 Å². The van der Waals surface area contributed by atoms with Crippen molar-refractivity contribution in [1.82, 2.24) is 4.90 Å². The van der Waals surface area contributed by atoms with Crippen molar-refractivity contribution < 1.29 is 14.6 Å². The number of rotatable bonds is 3. The van der Waals surface area contributed by atoms with E-state index in [1.165, 1.54) is 0 Å². The van der Waals surface area contributed by atoms with Gasteiger partial charge in [0.2, 0.25) is 5.91 Å². The van der Waals surface area contributed by atoms with Crippen LogP contribution in [0.15, 0.2) is 36.4 Å². The number of hydrogen-bond acceptors (Lipinski definition) is 4. The second-order valence-electron chi connectivity index (χ2n) is 5.89. The van der Waals surface area contributed by atoms with Gasteiger partial charge in [-0.3, -0.25) is 9.69 Å². The predicted octanol–water partition coefficient (Wildman–Crippen LogP) is 2.78. The van der Waals surface area contributed by atoms with Crippen LogP contribution in [-0.4, -0.2) is 35.1 Å². The van der Waals surface area contributed by atoms with Crippen LogP contribution in [0.3, 0.4) is 0 Å². The number of halogens is 1. The molecule has 0 saturated heterocycles. The maximum atomic E-state index is 11.5. The van der Waals surface area contributed by atoms with Gasteiger partial charge in [-0.15, -0.1) is 0 Å². The van der Waals surface area contributed by atoms with Gasteiger partial charge in [0.05, 0.1) is 6.04 Å². The molecule has 3 rings (SSSR count). The van der Waals surface area contributed by atoms with Crippen molar-refractivity contribution in [1.29, 1.82) is 0 Å². The summed E-state index contributed by atoms with van der Waals surface area (Å²) in [7, 11) is 0. The first kappa shape index (κ1) is 16.6. The normalized spacial score (nSPS) is 15.9. The molecule has 6 heteroatoms. The van der Waals surface area contributed by atoms with E-state index in [0.29, 0.717) is 30.5 Å². The number of nitrogens with two attached hydrogens (primary N) is 1. The smallest absolute Gasteiger partial charge is 0.234 e. The van der Waals surface area contributed by atoms with Crippen molar-refractivity contribution in [3.8, 4) is 22.6 Å². The van der Waals surface area contributed by atoms with Crippen molar-refractivity contribution in [2.45, 2.75) is 19.5 Å². The van der Waals surface area contributed by atoms with Crippen molar-refractivity contribution >= 4 is 17.5 Å². The summed E-state index contributed by atoms with van der Waals surface area (Å²) < 4.78 is 5.68. The molecule has 0 radical (unpaired) electrons. The van der Waals surface area contributed by atoms with E-state index in [0.717, 1.165) is 16.7 Å². The molecule has 3 N–H and O–H groups in total. The molecule has 0 bridgehead atoms. The molecular weight excluding hydrogens is 328 g/mol. The fraction of sp³-hybridized carbons (Fsp3) is 0.278. The molecule has 1 aliphatic rings. The summed E-state index contributed by atoms with van der Waals surface area (Å²) in [5.74, 6) is 0.157. The summed E-state index contributed by atoms with van der Waals surface area (Å²) in [4.78, 5) is 13.4. The minimum Gasteiger partial charge on any atom is -0.504 e. The topological polar surface area (TPSA) is 75.8 Å². The Morgan fingerprint density at radius 3 is 2.83 bits per heavy atom. The summed E-state index contributed by atoms with van der Waals surface area (Å²) >= 11 is 6.06. The summed E-state index contributed by atoms with van der Waals surface area (Å²) in [6, 6.07) is 10.6. The van der Waals surface area contributed by atoms with E-state index < -0.39 is 6.04 Å². The number of nitrogens with zero attached hydrogens (tertiary/aromatic N) is 1. The number of primary amides is 1. The van der Waals surface area contributed by atoms with Gasteiger partial charge >= 0.3 is 0 Å². The predicted molar refractivity (Wildman–Crippen MR) is 93.1 cm³/mol. The van der Waals surface area contributed by atoms with Crippen molar-refractivity contribution in [2.75, 3.05) is 13.2 Å². The Morgan fingerprint density at radius 2 is 2.12 bits per heavy atom. The van der Waals surface area contributed by atoms with E-state index in [9.17, 15) is 9.90 Å². The van der Waals surface area contributed by atoms with E-state index in [2.05, 4.69) is 0 Å². The molecule has 0 fully saturated rings. The third kappa shape index (κ3) is 3.32. The quantitative estimate of drug-likeness (QED) is 0.896. The van der Waals surface area contributed by atoms with Crippen molar-refractivity contribution in [2.24, 2.45) is 5.73 Å². The molecule has 0 aromatic heterocycles. The highest BCUT2D eigenvalue weighted by Crippen LogP contribution is 2.38. The monoisotopic (exact) mass is 346 g/mol. The largest absolute Gasteiger partial charge is 0.504 e. The van der Waals surface area contributed by atoms with Gasteiger partial charge in [0.15, 0.2) is 11.5 Å². The number of fused-ring (bicyclic) bond motifs is 1. The Labute approximate surface area is 145 Å². The Bertz CT molecular complexity index is 779. The molecular formula is C18H19ClN2O3. The number of phenolic OH excluding ortho intramolecular Hbond substituents is 1. The van der Waals surface area contributed by atoms with Gasteiger partial charge in [0.25, 0.3) is 0 Å². The van der Waals surface area contributed by atoms with E-state index >= 15 is 0 Å². The van der Waals surface area contributed by atoms with Gasteiger partial charge in [0, 0.05) is 23.7 Å². The van der Waals surface area contributed by atoms with Gasteiger partial charge in [0.1, 0.15) is 6.61 Å². The number of carbonyl (C=O) groups is 1. The third-order valence-corrected chi connectivity index (χ3v) is 4.50. The van der Waals surface area contributed by atoms with Crippen LogP contribution >= 0.6 is 11.6 Å². The molecule has 1 atom stereocenters. The molecule has 0 unspecified atom stereocenters. The van der Waals surface area contributed by atoms with E-state index in [4.69, 9.17) is 22.1 Å². The first-order valence-electron chi connectivity index (χ1n) is 7.73. The Morgan fingerprint density at radius 1 is 1.33 bits per heavy atom. The van der Waals surface area contributed by atoms with Gasteiger partial charge in [-0.2, -0.15) is 0 Å². The van der Waals surface area contributed by atoms with Crippen LogP contribution < -0.4 is 10.5 Å². The van der Waals surface area contributed by atoms with Crippen LogP contribution in [0.1, 0.15) is 12.5 Å². The number of hydrogen-bond donors (Lipinski definition) is 2. The lowest BCUT2D eigenvalue weighted by atomic mass is 10.0. The average Bonchev–Trinajstić information content (AvgIpc) is 2.76. The number of aromatic hydroxyl groups is 1. The first-order valence-corrected chi connectivity index (χ1v) is 8.11. The highest BCUT2D eigenvalue weighted by atomic mass is 35.5. The molecule has 0 spiro atoms. The maximum absolute atomic E-state index is 11.5. The Balaban J connectivity index is 2.01. The third-order valence-electron chi connectivity index (χ3n) is 4.26. The maximum Gasteiger partial charge on any atom is 0.234 e. The lowest BCUT2D eigenvalue weighted by Gasteiger charge is -2.24. The van der Waals surface area contributed by atoms with Crippen LogP contribution in [0.25, 0.3) is 11.1 Å². The second kappa shape index (κ2) is 6.71. The zero-order chi connectivity index (χ0) is 17.3. The molecule has 2 aromatic carbocycles. The van der Waals surface area contributed by atoms with Crippen LogP contribution in [0, 0.1) is 0 Å². The summed E-state index contributed by atoms with van der Waals surface area (Å²) in [6.45, 7) is 3.19. The number of carbonyl (C=O) groups excluding carboxylic acids is 1. The zero-order valence-electron chi connectivity index (χ0n) is 13.3. The number of benzene rings is 2. The second-order valence-corrected chi connectivity index (χ2v) is 6.33. The number of ether oxygens (including phenoxy) is 1. The average molecular weight is 347 g/mol. The lowest BCUT2D eigenvalue weighted by Crippen LogP contribution is -2.43. The number of phenols is 1. The number of amides is 1. The SMILES string of the molecule is C[C@@H](C(N)=O)N1CCOc2c(O)cc(-c3cccc(Cl)c3)cc2C1. The fourth-order valence-corrected chi connectivity index (χ4v) is 3.05. The molecule has 1 amide bonds. The molecule has 1 aliphatic heterocycles. The Kier molecular flexibility index (Phi) is 4.64. The highest BCUT2D eigenvalue weighted by Gasteiger charge is 2.25. The van der Waals surface area contributed by atoms with Crippen LogP contribution in [0.5, 0.6) is 11.5 Å². The van der Waals surface area contributed by atoms with Crippen molar-refractivity contribution in [3.05, 3.63) is 47.0 Å². The minimum atomic E-state index is -0.406. The summed E-state index contributed by atoms with van der Waals surface area (Å²) in [5.41, 5.74) is 7.98. The lowest BCUT2D eigenvalue weighted by molar-refractivity contribution is -0.122. The molecule has 24 heavy (non-hydrogen) atoms. The molecule has 0 aliphatic carbocycles. The summed E-state index contributed by atoms with van der Waals surface area (Å²) in [6.07, 6.45) is 0.